The monoisotopic (exact) mass is 370 g/mol. The van der Waals surface area contributed by atoms with Gasteiger partial charge in [0, 0.05) is 30.1 Å². The molecule has 6 heteroatoms. The van der Waals surface area contributed by atoms with E-state index in [0.29, 0.717) is 6.54 Å². The number of aryl methyl sites for hydroxylation is 1. The van der Waals surface area contributed by atoms with E-state index < -0.39 is 0 Å². The molecular weight excluding hydrogens is 344 g/mol. The molecule has 0 bridgehead atoms. The first-order valence-electron chi connectivity index (χ1n) is 9.34. The van der Waals surface area contributed by atoms with Crippen molar-refractivity contribution in [1.29, 1.82) is 0 Å². The molecule has 1 aromatic heterocycles. The van der Waals surface area contributed by atoms with E-state index in [1.54, 1.807) is 11.3 Å². The summed E-state index contributed by atoms with van der Waals surface area (Å²) in [5.41, 5.74) is 1.20. The first-order chi connectivity index (χ1) is 12.7. The fraction of sp³-hybridized carbons (Fsp3) is 0.500. The first kappa shape index (κ1) is 17.3. The second-order valence-corrected chi connectivity index (χ2v) is 8.54. The van der Waals surface area contributed by atoms with Gasteiger partial charge in [0.15, 0.2) is 5.96 Å². The average Bonchev–Trinajstić information content (AvgIpc) is 3.27. The summed E-state index contributed by atoms with van der Waals surface area (Å²) in [7, 11) is 1.82. The summed E-state index contributed by atoms with van der Waals surface area (Å²) < 4.78 is 6.45. The quantitative estimate of drug-likeness (QED) is 0.634. The fourth-order valence-corrected chi connectivity index (χ4v) is 4.80. The van der Waals surface area contributed by atoms with Gasteiger partial charge in [0.05, 0.1) is 12.6 Å². The highest BCUT2D eigenvalue weighted by Crippen LogP contribution is 2.46. The highest BCUT2D eigenvalue weighted by molar-refractivity contribution is 7.11. The first-order valence-corrected chi connectivity index (χ1v) is 10.2. The molecule has 0 saturated heterocycles. The molecule has 4 rings (SSSR count). The number of para-hydroxylation sites is 1. The zero-order valence-electron chi connectivity index (χ0n) is 15.4. The molecule has 1 unspecified atom stereocenters. The number of aromatic nitrogens is 1. The van der Waals surface area contributed by atoms with Gasteiger partial charge in [0.25, 0.3) is 0 Å². The number of hydrogen-bond donors (Lipinski definition) is 2. The van der Waals surface area contributed by atoms with Gasteiger partial charge in [-0.2, -0.15) is 0 Å². The number of nitrogens with zero attached hydrogens (tertiary/aromatic N) is 2. The summed E-state index contributed by atoms with van der Waals surface area (Å²) >= 11 is 1.71. The van der Waals surface area contributed by atoms with Crippen molar-refractivity contribution in [2.45, 2.75) is 57.2 Å². The van der Waals surface area contributed by atoms with Gasteiger partial charge in [-0.05, 0) is 38.7 Å². The second kappa shape index (κ2) is 7.27. The molecule has 2 aliphatic rings. The average molecular weight is 371 g/mol. The van der Waals surface area contributed by atoms with Gasteiger partial charge < -0.3 is 15.4 Å². The standard InChI is InChI=1S/C20H26N4OS/c1-14-12-22-18(26-14)13-23-19(21-2)24-16-11-20(9-5-6-10-20)25-17-8-4-3-7-15(16)17/h3-4,7-8,12,16H,5-6,9-11,13H2,1-2H3,(H2,21,23,24). The highest BCUT2D eigenvalue weighted by atomic mass is 32.1. The number of ether oxygens (including phenoxy) is 1. The maximum atomic E-state index is 6.45. The van der Waals surface area contributed by atoms with E-state index in [9.17, 15) is 0 Å². The van der Waals surface area contributed by atoms with Crippen LogP contribution in [-0.4, -0.2) is 23.6 Å². The molecule has 1 aliphatic heterocycles. The molecule has 1 aliphatic carbocycles. The third-order valence-electron chi connectivity index (χ3n) is 5.32. The van der Waals surface area contributed by atoms with E-state index in [1.165, 1.54) is 23.3 Å². The smallest absolute Gasteiger partial charge is 0.191 e. The number of guanidine groups is 1. The Morgan fingerprint density at radius 1 is 1.35 bits per heavy atom. The second-order valence-electron chi connectivity index (χ2n) is 7.22. The van der Waals surface area contributed by atoms with Crippen LogP contribution in [0.25, 0.3) is 0 Å². The Hall–Kier alpha value is -2.08. The molecule has 1 aromatic carbocycles. The summed E-state index contributed by atoms with van der Waals surface area (Å²) in [6, 6.07) is 8.60. The van der Waals surface area contributed by atoms with Crippen molar-refractivity contribution in [3.8, 4) is 5.75 Å². The van der Waals surface area contributed by atoms with Crippen molar-refractivity contribution in [2.24, 2.45) is 4.99 Å². The summed E-state index contributed by atoms with van der Waals surface area (Å²) in [6.07, 6.45) is 7.70. The highest BCUT2D eigenvalue weighted by Gasteiger charge is 2.43. The van der Waals surface area contributed by atoms with Gasteiger partial charge in [-0.1, -0.05) is 18.2 Å². The van der Waals surface area contributed by atoms with Crippen LogP contribution in [0.2, 0.25) is 0 Å². The Bertz CT molecular complexity index is 795. The zero-order chi connectivity index (χ0) is 18.0. The third-order valence-corrected chi connectivity index (χ3v) is 6.24. The van der Waals surface area contributed by atoms with Crippen LogP contribution < -0.4 is 15.4 Å². The molecule has 2 N–H and O–H groups in total. The molecule has 1 atom stereocenters. The van der Waals surface area contributed by atoms with Crippen LogP contribution in [0.3, 0.4) is 0 Å². The predicted octanol–water partition coefficient (Wildman–Crippen LogP) is 3.95. The van der Waals surface area contributed by atoms with Crippen molar-refractivity contribution in [2.75, 3.05) is 7.05 Å². The largest absolute Gasteiger partial charge is 0.487 e. The number of hydrogen-bond acceptors (Lipinski definition) is 4. The van der Waals surface area contributed by atoms with Crippen molar-refractivity contribution < 1.29 is 4.74 Å². The van der Waals surface area contributed by atoms with Crippen LogP contribution in [0.15, 0.2) is 35.5 Å². The van der Waals surface area contributed by atoms with E-state index in [1.807, 2.05) is 13.2 Å². The Balaban J connectivity index is 1.49. The van der Waals surface area contributed by atoms with Gasteiger partial charge in [-0.25, -0.2) is 4.98 Å². The zero-order valence-corrected chi connectivity index (χ0v) is 16.2. The molecule has 0 radical (unpaired) electrons. The summed E-state index contributed by atoms with van der Waals surface area (Å²) in [4.78, 5) is 10.1. The van der Waals surface area contributed by atoms with E-state index in [0.717, 1.165) is 36.0 Å². The van der Waals surface area contributed by atoms with Gasteiger partial charge >= 0.3 is 0 Å². The number of nitrogens with one attached hydrogen (secondary N) is 2. The maximum Gasteiger partial charge on any atom is 0.191 e. The maximum absolute atomic E-state index is 6.45. The van der Waals surface area contributed by atoms with Crippen LogP contribution in [0, 0.1) is 6.92 Å². The molecule has 138 valence electrons. The lowest BCUT2D eigenvalue weighted by atomic mass is 9.86. The molecule has 2 aromatic rings. The van der Waals surface area contributed by atoms with Crippen LogP contribution in [-0.2, 0) is 6.54 Å². The number of fused-ring (bicyclic) bond motifs is 1. The molecule has 2 heterocycles. The summed E-state index contributed by atoms with van der Waals surface area (Å²) in [5.74, 6) is 1.83. The molecule has 1 fully saturated rings. The lowest BCUT2D eigenvalue weighted by molar-refractivity contribution is 0.0396. The minimum atomic E-state index is -0.0166. The minimum Gasteiger partial charge on any atom is -0.487 e. The summed E-state index contributed by atoms with van der Waals surface area (Å²) in [5, 5.41) is 8.10. The van der Waals surface area contributed by atoms with Gasteiger partial charge in [0.2, 0.25) is 0 Å². The van der Waals surface area contributed by atoms with Crippen LogP contribution in [0.1, 0.15) is 53.6 Å². The normalized spacial score (nSPS) is 21.3. The molecule has 26 heavy (non-hydrogen) atoms. The van der Waals surface area contributed by atoms with E-state index in [4.69, 9.17) is 4.74 Å². The number of thiazole rings is 1. The topological polar surface area (TPSA) is 58.5 Å². The van der Waals surface area contributed by atoms with Crippen molar-refractivity contribution in [3.63, 3.8) is 0 Å². The Kier molecular flexibility index (Phi) is 4.85. The van der Waals surface area contributed by atoms with Gasteiger partial charge in [-0.3, -0.25) is 4.99 Å². The number of benzene rings is 1. The van der Waals surface area contributed by atoms with E-state index in [-0.39, 0.29) is 11.6 Å². The number of aliphatic imine (C=N–C) groups is 1. The SMILES string of the molecule is CN=C(NCc1ncc(C)s1)NC1CC2(CCCC2)Oc2ccccc21. The lowest BCUT2D eigenvalue weighted by Crippen LogP contribution is -2.46. The Morgan fingerprint density at radius 3 is 2.88 bits per heavy atom. The van der Waals surface area contributed by atoms with Gasteiger partial charge in [-0.15, -0.1) is 11.3 Å². The predicted molar refractivity (Wildman–Crippen MR) is 106 cm³/mol. The van der Waals surface area contributed by atoms with Crippen LogP contribution in [0.4, 0.5) is 0 Å². The summed E-state index contributed by atoms with van der Waals surface area (Å²) in [6.45, 7) is 2.77. The van der Waals surface area contributed by atoms with Crippen molar-refractivity contribution in [1.82, 2.24) is 15.6 Å². The van der Waals surface area contributed by atoms with E-state index in [2.05, 4.69) is 51.8 Å². The Labute approximate surface area is 158 Å². The van der Waals surface area contributed by atoms with Gasteiger partial charge in [0.1, 0.15) is 16.4 Å². The Morgan fingerprint density at radius 2 is 2.15 bits per heavy atom. The third kappa shape index (κ3) is 3.56. The molecule has 1 saturated carbocycles. The van der Waals surface area contributed by atoms with Crippen LogP contribution in [0.5, 0.6) is 5.75 Å². The molecular formula is C20H26N4OS. The van der Waals surface area contributed by atoms with Crippen molar-refractivity contribution >= 4 is 17.3 Å². The van der Waals surface area contributed by atoms with E-state index >= 15 is 0 Å². The van der Waals surface area contributed by atoms with Crippen molar-refractivity contribution in [3.05, 3.63) is 45.9 Å². The molecule has 5 nitrogen and oxygen atoms in total. The minimum absolute atomic E-state index is 0.0166. The molecule has 1 spiro atoms. The lowest BCUT2D eigenvalue weighted by Gasteiger charge is -2.40. The van der Waals surface area contributed by atoms with Crippen LogP contribution >= 0.6 is 11.3 Å². The molecule has 0 amide bonds. The fourth-order valence-electron chi connectivity index (χ4n) is 4.07. The number of rotatable bonds is 3.